The zero-order valence-corrected chi connectivity index (χ0v) is 10.1. The van der Waals surface area contributed by atoms with E-state index in [-0.39, 0.29) is 6.61 Å². The fourth-order valence-corrected chi connectivity index (χ4v) is 2.08. The third-order valence-electron chi connectivity index (χ3n) is 3.13. The van der Waals surface area contributed by atoms with Gasteiger partial charge in [-0.15, -0.1) is 0 Å². The zero-order valence-electron chi connectivity index (χ0n) is 10.1. The Morgan fingerprint density at radius 3 is 2.67 bits per heavy atom. The van der Waals surface area contributed by atoms with Gasteiger partial charge in [-0.2, -0.15) is 10.5 Å². The van der Waals surface area contributed by atoms with Gasteiger partial charge in [0.05, 0.1) is 30.3 Å². The Labute approximate surface area is 107 Å². The highest BCUT2D eigenvalue weighted by Crippen LogP contribution is 2.33. The molecule has 0 atom stereocenters. The minimum Gasteiger partial charge on any atom is -0.392 e. The van der Waals surface area contributed by atoms with Gasteiger partial charge in [-0.25, -0.2) is 0 Å². The van der Waals surface area contributed by atoms with Gasteiger partial charge in [0.15, 0.2) is 0 Å². The van der Waals surface area contributed by atoms with Crippen LogP contribution in [0.3, 0.4) is 0 Å². The lowest BCUT2D eigenvalue weighted by Crippen LogP contribution is -2.27. The first-order valence-electron chi connectivity index (χ1n) is 6.07. The number of hydrogen-bond acceptors (Lipinski definition) is 4. The summed E-state index contributed by atoms with van der Waals surface area (Å²) in [5.41, 5.74) is 2.20. The number of nitriles is 2. The molecule has 18 heavy (non-hydrogen) atoms. The molecule has 0 unspecified atom stereocenters. The lowest BCUT2D eigenvalue weighted by molar-refractivity contribution is 0.282. The van der Waals surface area contributed by atoms with Gasteiger partial charge in [-0.05, 0) is 30.5 Å². The van der Waals surface area contributed by atoms with Crippen LogP contribution in [-0.2, 0) is 6.61 Å². The van der Waals surface area contributed by atoms with Crippen LogP contribution in [0.5, 0.6) is 0 Å². The highest BCUT2D eigenvalue weighted by molar-refractivity contribution is 5.61. The average Bonchev–Trinajstić information content (AvgIpc) is 3.24. The van der Waals surface area contributed by atoms with Gasteiger partial charge in [0.25, 0.3) is 0 Å². The predicted molar refractivity (Wildman–Crippen MR) is 67.7 cm³/mol. The summed E-state index contributed by atoms with van der Waals surface area (Å²) in [5.74, 6) is 0. The summed E-state index contributed by atoms with van der Waals surface area (Å²) in [7, 11) is 0. The third-order valence-corrected chi connectivity index (χ3v) is 3.13. The fraction of sp³-hybridized carbons (Fsp3) is 0.429. The van der Waals surface area contributed by atoms with Crippen LogP contribution in [0, 0.1) is 22.7 Å². The van der Waals surface area contributed by atoms with Crippen molar-refractivity contribution in [2.45, 2.75) is 31.9 Å². The van der Waals surface area contributed by atoms with Gasteiger partial charge in [-0.3, -0.25) is 0 Å². The molecule has 1 fully saturated rings. The first-order chi connectivity index (χ1) is 8.80. The summed E-state index contributed by atoms with van der Waals surface area (Å²) in [6.07, 6.45) is 2.71. The summed E-state index contributed by atoms with van der Waals surface area (Å²) in [5, 5.41) is 27.0. The van der Waals surface area contributed by atoms with Crippen LogP contribution in [-0.4, -0.2) is 17.7 Å². The molecule has 0 aromatic heterocycles. The van der Waals surface area contributed by atoms with Gasteiger partial charge in [0.1, 0.15) is 6.07 Å². The van der Waals surface area contributed by atoms with Gasteiger partial charge >= 0.3 is 0 Å². The summed E-state index contributed by atoms with van der Waals surface area (Å²) in [6, 6.07) is 10.2. The van der Waals surface area contributed by atoms with Crippen LogP contribution < -0.4 is 4.90 Å². The predicted octanol–water partition coefficient (Wildman–Crippen LogP) is 1.93. The van der Waals surface area contributed by atoms with Gasteiger partial charge < -0.3 is 10.0 Å². The van der Waals surface area contributed by atoms with Crippen LogP contribution in [0.1, 0.15) is 30.4 Å². The molecule has 0 radical (unpaired) electrons. The number of aliphatic hydroxyl groups is 1. The second kappa shape index (κ2) is 5.53. The molecule has 1 aliphatic carbocycles. The maximum Gasteiger partial charge on any atom is 0.101 e. The standard InChI is InChI=1S/C14H15N3O/c15-6-1-7-17(13-3-4-13)14-5-2-11(10-18)8-12(14)9-16/h2,5,8,13,18H,1,3-4,7,10H2. The van der Waals surface area contributed by atoms with Gasteiger partial charge in [-0.1, -0.05) is 6.07 Å². The van der Waals surface area contributed by atoms with Crippen molar-refractivity contribution in [3.05, 3.63) is 29.3 Å². The van der Waals surface area contributed by atoms with Crippen LogP contribution in [0.15, 0.2) is 18.2 Å². The zero-order chi connectivity index (χ0) is 13.0. The Bertz CT molecular complexity index is 509. The molecule has 92 valence electrons. The number of benzene rings is 1. The molecule has 1 aromatic rings. The molecule has 1 aromatic carbocycles. The first kappa shape index (κ1) is 12.4. The largest absolute Gasteiger partial charge is 0.392 e. The number of anilines is 1. The van der Waals surface area contributed by atoms with E-state index in [0.29, 0.717) is 24.6 Å². The molecule has 2 rings (SSSR count). The SMILES string of the molecule is N#CCCN(c1ccc(CO)cc1C#N)C1CC1. The highest BCUT2D eigenvalue weighted by atomic mass is 16.3. The second-order valence-electron chi connectivity index (χ2n) is 4.45. The van der Waals surface area contributed by atoms with Crippen molar-refractivity contribution in [1.29, 1.82) is 10.5 Å². The van der Waals surface area contributed by atoms with E-state index in [0.717, 1.165) is 24.1 Å². The maximum atomic E-state index is 9.19. The van der Waals surface area contributed by atoms with Gasteiger partial charge in [0.2, 0.25) is 0 Å². The minimum atomic E-state index is -0.0589. The van der Waals surface area contributed by atoms with Crippen LogP contribution in [0.4, 0.5) is 5.69 Å². The van der Waals surface area contributed by atoms with E-state index in [1.54, 1.807) is 6.07 Å². The molecule has 0 spiro atoms. The molecule has 0 amide bonds. The van der Waals surface area contributed by atoms with E-state index in [4.69, 9.17) is 10.4 Å². The Morgan fingerprint density at radius 1 is 1.33 bits per heavy atom. The molecule has 0 aliphatic heterocycles. The Hall–Kier alpha value is -2.04. The number of rotatable bonds is 5. The van der Waals surface area contributed by atoms with Crippen LogP contribution >= 0.6 is 0 Å². The lowest BCUT2D eigenvalue weighted by Gasteiger charge is -2.24. The van der Waals surface area contributed by atoms with E-state index in [1.807, 2.05) is 12.1 Å². The van der Waals surface area contributed by atoms with Crippen molar-refractivity contribution in [3.8, 4) is 12.1 Å². The normalized spacial score (nSPS) is 13.7. The molecular weight excluding hydrogens is 226 g/mol. The van der Waals surface area contributed by atoms with Gasteiger partial charge in [0, 0.05) is 12.6 Å². The Morgan fingerprint density at radius 2 is 2.11 bits per heavy atom. The highest BCUT2D eigenvalue weighted by Gasteiger charge is 2.30. The smallest absolute Gasteiger partial charge is 0.101 e. The van der Waals surface area contributed by atoms with E-state index in [1.165, 1.54) is 0 Å². The molecule has 1 N–H and O–H groups in total. The molecule has 0 bridgehead atoms. The first-order valence-corrected chi connectivity index (χ1v) is 6.07. The van der Waals surface area contributed by atoms with Crippen LogP contribution in [0.2, 0.25) is 0 Å². The van der Waals surface area contributed by atoms with Crippen molar-refractivity contribution in [3.63, 3.8) is 0 Å². The monoisotopic (exact) mass is 241 g/mol. The molecule has 4 heteroatoms. The summed E-state index contributed by atoms with van der Waals surface area (Å²) < 4.78 is 0. The summed E-state index contributed by atoms with van der Waals surface area (Å²) >= 11 is 0. The number of hydrogen-bond donors (Lipinski definition) is 1. The van der Waals surface area contributed by atoms with E-state index >= 15 is 0 Å². The third kappa shape index (κ3) is 2.61. The number of aliphatic hydroxyl groups excluding tert-OH is 1. The van der Waals surface area contributed by atoms with E-state index < -0.39 is 0 Å². The van der Waals surface area contributed by atoms with Crippen LogP contribution in [0.25, 0.3) is 0 Å². The fourth-order valence-electron chi connectivity index (χ4n) is 2.08. The van der Waals surface area contributed by atoms with Crippen molar-refractivity contribution in [2.75, 3.05) is 11.4 Å². The Kier molecular flexibility index (Phi) is 3.82. The Balaban J connectivity index is 2.29. The molecule has 0 heterocycles. The van der Waals surface area contributed by atoms with Crippen molar-refractivity contribution >= 4 is 5.69 Å². The van der Waals surface area contributed by atoms with Crippen molar-refractivity contribution in [1.82, 2.24) is 0 Å². The summed E-state index contributed by atoms with van der Waals surface area (Å²) in [4.78, 5) is 2.14. The number of nitrogens with zero attached hydrogens (tertiary/aromatic N) is 3. The topological polar surface area (TPSA) is 71.1 Å². The van der Waals surface area contributed by atoms with E-state index in [9.17, 15) is 5.26 Å². The molecular formula is C14H15N3O. The summed E-state index contributed by atoms with van der Waals surface area (Å²) in [6.45, 7) is 0.602. The average molecular weight is 241 g/mol. The van der Waals surface area contributed by atoms with E-state index in [2.05, 4.69) is 17.0 Å². The molecule has 1 saturated carbocycles. The minimum absolute atomic E-state index is 0.0589. The maximum absolute atomic E-state index is 9.19. The molecule has 0 saturated heterocycles. The lowest BCUT2D eigenvalue weighted by atomic mass is 10.1. The van der Waals surface area contributed by atoms with Crippen molar-refractivity contribution in [2.24, 2.45) is 0 Å². The molecule has 1 aliphatic rings. The quantitative estimate of drug-likeness (QED) is 0.855. The molecule has 4 nitrogen and oxygen atoms in total. The second-order valence-corrected chi connectivity index (χ2v) is 4.45. The van der Waals surface area contributed by atoms with Crippen molar-refractivity contribution < 1.29 is 5.11 Å².